The van der Waals surface area contributed by atoms with E-state index in [9.17, 15) is 0 Å². The van der Waals surface area contributed by atoms with Crippen molar-refractivity contribution in [2.24, 2.45) is 5.92 Å². The van der Waals surface area contributed by atoms with Gasteiger partial charge in [0.15, 0.2) is 0 Å². The molecule has 1 unspecified atom stereocenters. The van der Waals surface area contributed by atoms with E-state index in [-0.39, 0.29) is 0 Å². The lowest BCUT2D eigenvalue weighted by Gasteiger charge is -2.22. The van der Waals surface area contributed by atoms with Crippen molar-refractivity contribution in [3.63, 3.8) is 0 Å². The van der Waals surface area contributed by atoms with Crippen molar-refractivity contribution in [3.05, 3.63) is 94.3 Å². The Morgan fingerprint density at radius 3 is 2.44 bits per heavy atom. The normalized spacial score (nSPS) is 12.5. The van der Waals surface area contributed by atoms with Crippen molar-refractivity contribution in [2.75, 3.05) is 6.54 Å². The van der Waals surface area contributed by atoms with Gasteiger partial charge in [-0.15, -0.1) is 0 Å². The number of nitrogens with one attached hydrogen (secondary N) is 1. The van der Waals surface area contributed by atoms with E-state index in [4.69, 9.17) is 11.6 Å². The van der Waals surface area contributed by atoms with Crippen LogP contribution in [-0.2, 0) is 19.6 Å². The highest BCUT2D eigenvalue weighted by atomic mass is 35.5. The Bertz CT molecular complexity index is 866. The molecule has 0 aliphatic carbocycles. The minimum absolute atomic E-state index is 0.652. The van der Waals surface area contributed by atoms with E-state index < -0.39 is 0 Å². The molecule has 3 aromatic rings. The van der Waals surface area contributed by atoms with Crippen molar-refractivity contribution in [1.29, 1.82) is 0 Å². The molecule has 0 saturated carbocycles. The molecule has 0 aliphatic heterocycles. The average Bonchev–Trinajstić information content (AvgIpc) is 3.01. The highest BCUT2D eigenvalue weighted by Gasteiger charge is 2.15. The van der Waals surface area contributed by atoms with E-state index in [2.05, 4.69) is 80.1 Å². The average molecular weight is 382 g/mol. The summed E-state index contributed by atoms with van der Waals surface area (Å²) < 4.78 is 2.38. The highest BCUT2D eigenvalue weighted by Crippen LogP contribution is 2.11. The standard InChI is InChI=1S/C24H29ClN2/c1-19(2)15-26(16-22-9-5-10-23(25)14-22)18-24-11-6-12-27(24)17-21-8-4-7-20(3)13-21/h4-14,19H,15-18H2,1-3H3/p+1. The van der Waals surface area contributed by atoms with E-state index in [1.807, 2.05) is 12.1 Å². The minimum atomic E-state index is 0.652. The Morgan fingerprint density at radius 2 is 1.70 bits per heavy atom. The molecule has 0 fully saturated rings. The van der Waals surface area contributed by atoms with E-state index in [1.54, 1.807) is 4.90 Å². The van der Waals surface area contributed by atoms with Crippen molar-refractivity contribution in [2.45, 2.75) is 40.4 Å². The first-order chi connectivity index (χ1) is 13.0. The van der Waals surface area contributed by atoms with E-state index >= 15 is 0 Å². The summed E-state index contributed by atoms with van der Waals surface area (Å²) in [6.07, 6.45) is 2.20. The molecule has 1 heterocycles. The Balaban J connectivity index is 1.75. The summed E-state index contributed by atoms with van der Waals surface area (Å²) in [5.41, 5.74) is 5.35. The molecule has 142 valence electrons. The van der Waals surface area contributed by atoms with Crippen LogP contribution in [0.1, 0.15) is 36.2 Å². The summed E-state index contributed by atoms with van der Waals surface area (Å²) in [7, 11) is 0. The number of hydrogen-bond acceptors (Lipinski definition) is 0. The lowest BCUT2D eigenvalue weighted by Crippen LogP contribution is -3.10. The first kappa shape index (κ1) is 19.7. The number of halogens is 1. The smallest absolute Gasteiger partial charge is 0.118 e. The van der Waals surface area contributed by atoms with Gasteiger partial charge in [-0.2, -0.15) is 0 Å². The molecule has 0 aliphatic rings. The quantitative estimate of drug-likeness (QED) is 0.577. The van der Waals surface area contributed by atoms with Gasteiger partial charge in [-0.25, -0.2) is 0 Å². The van der Waals surface area contributed by atoms with Crippen LogP contribution in [0.2, 0.25) is 5.02 Å². The Morgan fingerprint density at radius 1 is 0.926 bits per heavy atom. The Labute approximate surface area is 168 Å². The second-order valence-electron chi connectivity index (χ2n) is 7.95. The molecular formula is C24H30ClN2+. The second-order valence-corrected chi connectivity index (χ2v) is 8.38. The topological polar surface area (TPSA) is 9.37 Å². The molecule has 1 atom stereocenters. The molecular weight excluding hydrogens is 352 g/mol. The van der Waals surface area contributed by atoms with Gasteiger partial charge >= 0.3 is 0 Å². The van der Waals surface area contributed by atoms with Crippen LogP contribution < -0.4 is 4.90 Å². The van der Waals surface area contributed by atoms with Gasteiger partial charge in [-0.3, -0.25) is 0 Å². The van der Waals surface area contributed by atoms with E-state index in [0.29, 0.717) is 5.92 Å². The summed E-state index contributed by atoms with van der Waals surface area (Å²) in [5.74, 6) is 0.652. The fraction of sp³-hybridized carbons (Fsp3) is 0.333. The fourth-order valence-corrected chi connectivity index (χ4v) is 3.96. The zero-order valence-electron chi connectivity index (χ0n) is 16.6. The maximum absolute atomic E-state index is 6.19. The third kappa shape index (κ3) is 5.98. The van der Waals surface area contributed by atoms with Gasteiger partial charge in [0.05, 0.1) is 12.2 Å². The molecule has 0 spiro atoms. The summed E-state index contributed by atoms with van der Waals surface area (Å²) in [5, 5.41) is 0.819. The maximum Gasteiger partial charge on any atom is 0.118 e. The number of rotatable bonds is 8. The van der Waals surface area contributed by atoms with Gasteiger partial charge in [0, 0.05) is 29.2 Å². The van der Waals surface area contributed by atoms with Crippen LogP contribution in [0.4, 0.5) is 0 Å². The van der Waals surface area contributed by atoms with Crippen LogP contribution in [0.25, 0.3) is 0 Å². The van der Waals surface area contributed by atoms with Crippen LogP contribution in [-0.4, -0.2) is 11.1 Å². The Hall–Kier alpha value is -2.03. The number of aromatic nitrogens is 1. The van der Waals surface area contributed by atoms with Gasteiger partial charge in [0.25, 0.3) is 0 Å². The lowest BCUT2D eigenvalue weighted by atomic mass is 10.1. The van der Waals surface area contributed by atoms with Crippen LogP contribution in [0.5, 0.6) is 0 Å². The SMILES string of the molecule is Cc1cccc(Cn2cccc2C[NH+](Cc2cccc(Cl)c2)CC(C)C)c1. The number of quaternary nitrogens is 1. The van der Waals surface area contributed by atoms with Gasteiger partial charge in [-0.05, 0) is 36.8 Å². The number of hydrogen-bond donors (Lipinski definition) is 1. The molecule has 27 heavy (non-hydrogen) atoms. The van der Waals surface area contributed by atoms with Crippen molar-refractivity contribution >= 4 is 11.6 Å². The molecule has 3 rings (SSSR count). The summed E-state index contributed by atoms with van der Waals surface area (Å²) in [4.78, 5) is 1.57. The second kappa shape index (κ2) is 9.25. The molecule has 0 radical (unpaired) electrons. The van der Waals surface area contributed by atoms with Crippen LogP contribution >= 0.6 is 11.6 Å². The number of aryl methyl sites for hydroxylation is 1. The zero-order chi connectivity index (χ0) is 19.2. The fourth-order valence-electron chi connectivity index (χ4n) is 3.75. The van der Waals surface area contributed by atoms with Crippen molar-refractivity contribution in [1.82, 2.24) is 4.57 Å². The minimum Gasteiger partial charge on any atom is -0.342 e. The largest absolute Gasteiger partial charge is 0.342 e. The van der Waals surface area contributed by atoms with E-state index in [0.717, 1.165) is 31.2 Å². The predicted molar refractivity (Wildman–Crippen MR) is 114 cm³/mol. The van der Waals surface area contributed by atoms with E-state index in [1.165, 1.54) is 22.4 Å². The highest BCUT2D eigenvalue weighted by molar-refractivity contribution is 6.30. The summed E-state index contributed by atoms with van der Waals surface area (Å²) in [6, 6.07) is 21.5. The van der Waals surface area contributed by atoms with Gasteiger partial charge < -0.3 is 9.47 Å². The monoisotopic (exact) mass is 381 g/mol. The van der Waals surface area contributed by atoms with Crippen molar-refractivity contribution < 1.29 is 4.90 Å². The Kier molecular flexibility index (Phi) is 6.76. The van der Waals surface area contributed by atoms with Gasteiger partial charge in [0.2, 0.25) is 0 Å². The molecule has 2 aromatic carbocycles. The molecule has 1 N–H and O–H groups in total. The first-order valence-corrected chi connectivity index (χ1v) is 10.1. The predicted octanol–water partition coefficient (Wildman–Crippen LogP) is 4.74. The van der Waals surface area contributed by atoms with Crippen LogP contribution in [0, 0.1) is 12.8 Å². The molecule has 2 nitrogen and oxygen atoms in total. The third-order valence-electron chi connectivity index (χ3n) is 4.83. The molecule has 3 heteroatoms. The zero-order valence-corrected chi connectivity index (χ0v) is 17.3. The van der Waals surface area contributed by atoms with Gasteiger partial charge in [0.1, 0.15) is 13.1 Å². The maximum atomic E-state index is 6.19. The van der Waals surface area contributed by atoms with Crippen molar-refractivity contribution in [3.8, 4) is 0 Å². The summed E-state index contributed by atoms with van der Waals surface area (Å²) >= 11 is 6.19. The third-order valence-corrected chi connectivity index (χ3v) is 5.07. The molecule has 0 saturated heterocycles. The molecule has 0 amide bonds. The number of benzene rings is 2. The van der Waals surface area contributed by atoms with Crippen LogP contribution in [0.15, 0.2) is 66.9 Å². The first-order valence-electron chi connectivity index (χ1n) is 9.77. The number of nitrogens with zero attached hydrogens (tertiary/aromatic N) is 1. The van der Waals surface area contributed by atoms with Crippen LogP contribution in [0.3, 0.4) is 0 Å². The summed E-state index contributed by atoms with van der Waals surface area (Å²) in [6.45, 7) is 10.8. The lowest BCUT2D eigenvalue weighted by molar-refractivity contribution is -0.930. The van der Waals surface area contributed by atoms with Gasteiger partial charge in [-0.1, -0.05) is 67.4 Å². The molecule has 0 bridgehead atoms. The molecule has 1 aromatic heterocycles.